The molecule has 2 saturated heterocycles. The Morgan fingerprint density at radius 2 is 1.57 bits per heavy atom. The van der Waals surface area contributed by atoms with Crippen molar-refractivity contribution in [2.45, 2.75) is 117 Å². The van der Waals surface area contributed by atoms with Gasteiger partial charge in [0.2, 0.25) is 23.6 Å². The lowest BCUT2D eigenvalue weighted by Crippen LogP contribution is -2.59. The molecular formula is C43H75N6O11P. The summed E-state index contributed by atoms with van der Waals surface area (Å²) in [6, 6.07) is 4.67. The van der Waals surface area contributed by atoms with Crippen molar-refractivity contribution in [3.63, 3.8) is 0 Å². The summed E-state index contributed by atoms with van der Waals surface area (Å²) >= 11 is 0. The molecule has 2 aliphatic rings. The van der Waals surface area contributed by atoms with Gasteiger partial charge in [0.15, 0.2) is 0 Å². The van der Waals surface area contributed by atoms with Crippen molar-refractivity contribution in [1.29, 1.82) is 0 Å². The first-order chi connectivity index (χ1) is 28.8. The third kappa shape index (κ3) is 15.0. The van der Waals surface area contributed by atoms with Gasteiger partial charge in [-0.05, 0) is 68.8 Å². The van der Waals surface area contributed by atoms with Crippen LogP contribution in [0.1, 0.15) is 79.7 Å². The molecule has 2 heterocycles. The molecule has 2 aliphatic heterocycles. The van der Waals surface area contributed by atoms with E-state index >= 15 is 0 Å². The molecule has 4 amide bonds. The van der Waals surface area contributed by atoms with Gasteiger partial charge in [0, 0.05) is 47.4 Å². The smallest absolute Gasteiger partial charge is 0.403 e. The predicted molar refractivity (Wildman–Crippen MR) is 232 cm³/mol. The van der Waals surface area contributed by atoms with Crippen LogP contribution in [0.25, 0.3) is 0 Å². The van der Waals surface area contributed by atoms with E-state index in [4.69, 9.17) is 23.4 Å². The molecular weight excluding hydrogens is 807 g/mol. The van der Waals surface area contributed by atoms with Crippen LogP contribution in [-0.2, 0) is 49.0 Å². The summed E-state index contributed by atoms with van der Waals surface area (Å²) in [5.74, 6) is -1.39. The molecule has 1 aromatic rings. The molecule has 0 spiro atoms. The van der Waals surface area contributed by atoms with Crippen LogP contribution in [0, 0.1) is 23.7 Å². The molecule has 3 N–H and O–H groups in total. The summed E-state index contributed by atoms with van der Waals surface area (Å²) in [5, 5.41) is 7.38. The highest BCUT2D eigenvalue weighted by Gasteiger charge is 2.43. The number of rotatable bonds is 24. The van der Waals surface area contributed by atoms with E-state index in [-0.39, 0.29) is 59.6 Å². The summed E-state index contributed by atoms with van der Waals surface area (Å²) in [6.45, 7) is 16.0. The molecule has 0 radical (unpaired) electrons. The van der Waals surface area contributed by atoms with Gasteiger partial charge in [-0.15, -0.1) is 0 Å². The van der Waals surface area contributed by atoms with Gasteiger partial charge >= 0.3 is 7.82 Å². The van der Waals surface area contributed by atoms with Gasteiger partial charge < -0.3 is 39.2 Å². The van der Waals surface area contributed by atoms with Crippen LogP contribution in [-0.4, -0.2) is 159 Å². The fourth-order valence-electron chi connectivity index (χ4n) is 8.54. The third-order valence-electron chi connectivity index (χ3n) is 12.0. The molecule has 18 heteroatoms. The first kappa shape index (κ1) is 52.2. The van der Waals surface area contributed by atoms with Gasteiger partial charge in [-0.25, -0.2) is 4.57 Å². The molecule has 2 fully saturated rings. The standard InChI is InChI=1S/C43H75N6O11P/c1-13-30(6)39(47(10)43(53)37(28(2)3)45-42(52)38(29(4)5)46(8)9)35(56-11)27-36(50)49-22-14-15-34(49)40(57-12)31(7)41(51)44-21-20-32-16-18-33(19-17-32)59-61(54,55)60-48-23-25-58-26-24-48/h16-19,28-31,34-35,37-40H,13-15,20-27H2,1-12H3,(H,44,51)(H,45,52)(H,54,55)/t30-,31+,34-,35+,37-,38-,39-,40+/m0/s1. The summed E-state index contributed by atoms with van der Waals surface area (Å²) in [7, 11) is 4.17. The first-order valence-corrected chi connectivity index (χ1v) is 23.3. The SMILES string of the molecule is CC[C@H](C)[C@@H]([C@@H](CC(=O)N1CCC[C@H]1[C@H](OC)[C@@H](C)C(=O)NCCc1ccc(OP(=O)(O)ON2CCOCC2)cc1)OC)N(C)C(=O)[C@@H](NC(=O)[C@H](C(C)C)N(C)C)C(C)C. The number of carbonyl (C=O) groups is 4. The monoisotopic (exact) mass is 883 g/mol. The largest absolute Gasteiger partial charge is 0.544 e. The molecule has 1 aromatic carbocycles. The summed E-state index contributed by atoms with van der Waals surface area (Å²) in [4.78, 5) is 70.9. The second-order valence-corrected chi connectivity index (χ2v) is 18.6. The molecule has 9 atom stereocenters. The second kappa shape index (κ2) is 24.6. The fraction of sp³-hybridized carbons (Fsp3) is 0.767. The van der Waals surface area contributed by atoms with Crippen LogP contribution in [0.4, 0.5) is 0 Å². The highest BCUT2D eigenvalue weighted by Crippen LogP contribution is 2.45. The highest BCUT2D eigenvalue weighted by molar-refractivity contribution is 7.47. The minimum absolute atomic E-state index is 0.0198. The van der Waals surface area contributed by atoms with Crippen LogP contribution < -0.4 is 15.2 Å². The quantitative estimate of drug-likeness (QED) is 0.128. The molecule has 0 aromatic heterocycles. The average molecular weight is 883 g/mol. The van der Waals surface area contributed by atoms with Crippen molar-refractivity contribution >= 4 is 31.5 Å². The van der Waals surface area contributed by atoms with Crippen molar-refractivity contribution in [2.75, 3.05) is 74.8 Å². The second-order valence-electron chi connectivity index (χ2n) is 17.3. The van der Waals surface area contributed by atoms with Crippen molar-refractivity contribution in [3.05, 3.63) is 29.8 Å². The Morgan fingerprint density at radius 1 is 0.934 bits per heavy atom. The van der Waals surface area contributed by atoms with Gasteiger partial charge in [-0.1, -0.05) is 67.0 Å². The molecule has 0 saturated carbocycles. The summed E-state index contributed by atoms with van der Waals surface area (Å²) in [5.41, 5.74) is 0.877. The van der Waals surface area contributed by atoms with E-state index in [9.17, 15) is 28.6 Å². The number of carbonyl (C=O) groups excluding carboxylic acids is 4. The maximum atomic E-state index is 14.3. The Balaban J connectivity index is 1.63. The number of nitrogens with one attached hydrogen (secondary N) is 2. The van der Waals surface area contributed by atoms with E-state index in [0.29, 0.717) is 52.2 Å². The lowest BCUT2D eigenvalue weighted by molar-refractivity contribution is -0.148. The number of likely N-dealkylation sites (N-methyl/N-ethyl adjacent to an activating group) is 2. The zero-order chi connectivity index (χ0) is 45.6. The number of amides is 4. The minimum atomic E-state index is -4.38. The number of hydrogen-bond acceptors (Lipinski definition) is 12. The summed E-state index contributed by atoms with van der Waals surface area (Å²) in [6.07, 6.45) is 1.46. The van der Waals surface area contributed by atoms with Gasteiger partial charge in [0.05, 0.1) is 55.9 Å². The van der Waals surface area contributed by atoms with E-state index in [0.717, 1.165) is 18.4 Å². The molecule has 348 valence electrons. The molecule has 3 rings (SSSR count). The Kier molecular flexibility index (Phi) is 21.1. The highest BCUT2D eigenvalue weighted by atomic mass is 31.2. The first-order valence-electron chi connectivity index (χ1n) is 21.8. The van der Waals surface area contributed by atoms with Crippen LogP contribution in [0.15, 0.2) is 24.3 Å². The number of ether oxygens (including phenoxy) is 3. The van der Waals surface area contributed by atoms with E-state index < -0.39 is 44.1 Å². The lowest BCUT2D eigenvalue weighted by atomic mass is 9.89. The number of benzene rings is 1. The number of phosphoric ester groups is 1. The van der Waals surface area contributed by atoms with Gasteiger partial charge in [0.1, 0.15) is 11.8 Å². The number of phosphoric acid groups is 1. The van der Waals surface area contributed by atoms with Crippen LogP contribution in [0.3, 0.4) is 0 Å². The number of hydroxylamine groups is 2. The molecule has 0 bridgehead atoms. The Labute approximate surface area is 364 Å². The maximum absolute atomic E-state index is 14.3. The van der Waals surface area contributed by atoms with Gasteiger partial charge in [-0.2, -0.15) is 9.69 Å². The number of methoxy groups -OCH3 is 2. The topological polar surface area (TPSA) is 189 Å². The number of hydrogen-bond donors (Lipinski definition) is 3. The van der Waals surface area contributed by atoms with Crippen molar-refractivity contribution in [3.8, 4) is 5.75 Å². The minimum Gasteiger partial charge on any atom is -0.403 e. The van der Waals surface area contributed by atoms with E-state index in [1.807, 2.05) is 60.5 Å². The number of nitrogens with zero attached hydrogens (tertiary/aromatic N) is 4. The normalized spacial score (nSPS) is 20.7. The zero-order valence-corrected chi connectivity index (χ0v) is 39.5. The molecule has 0 aliphatic carbocycles. The maximum Gasteiger partial charge on any atom is 0.544 e. The van der Waals surface area contributed by atoms with Crippen molar-refractivity contribution < 1.29 is 52.0 Å². The van der Waals surface area contributed by atoms with E-state index in [1.165, 1.54) is 5.06 Å². The Bertz CT molecular complexity index is 1590. The number of likely N-dealkylation sites (tertiary alicyclic amines) is 1. The zero-order valence-electron chi connectivity index (χ0n) is 38.6. The number of morpholine rings is 1. The van der Waals surface area contributed by atoms with E-state index in [2.05, 4.69) is 10.6 Å². The predicted octanol–water partition coefficient (Wildman–Crippen LogP) is 3.74. The van der Waals surface area contributed by atoms with Crippen molar-refractivity contribution in [1.82, 2.24) is 30.4 Å². The van der Waals surface area contributed by atoms with Crippen LogP contribution >= 0.6 is 7.82 Å². The van der Waals surface area contributed by atoms with Crippen LogP contribution in [0.2, 0.25) is 0 Å². The van der Waals surface area contributed by atoms with Crippen LogP contribution in [0.5, 0.6) is 5.75 Å². The Hall–Kier alpha value is -3.15. The lowest BCUT2D eigenvalue weighted by Gasteiger charge is -2.41. The average Bonchev–Trinajstić information content (AvgIpc) is 3.69. The summed E-state index contributed by atoms with van der Waals surface area (Å²) < 4.78 is 40.0. The Morgan fingerprint density at radius 3 is 2.11 bits per heavy atom. The molecule has 1 unspecified atom stereocenters. The molecule has 61 heavy (non-hydrogen) atoms. The van der Waals surface area contributed by atoms with E-state index in [1.54, 1.807) is 62.3 Å². The fourth-order valence-corrected chi connectivity index (χ4v) is 9.42. The van der Waals surface area contributed by atoms with Gasteiger partial charge in [-0.3, -0.25) is 29.0 Å². The third-order valence-corrected chi connectivity index (χ3v) is 12.9. The van der Waals surface area contributed by atoms with Gasteiger partial charge in [0.25, 0.3) is 0 Å². The molecule has 17 nitrogen and oxygen atoms in total. The van der Waals surface area contributed by atoms with Crippen molar-refractivity contribution in [2.24, 2.45) is 23.7 Å².